The summed E-state index contributed by atoms with van der Waals surface area (Å²) in [4.78, 5) is 11.7. The van der Waals surface area contributed by atoms with Gasteiger partial charge < -0.3 is 9.84 Å². The summed E-state index contributed by atoms with van der Waals surface area (Å²) in [6, 6.07) is 10.7. The first-order valence-corrected chi connectivity index (χ1v) is 8.73. The van der Waals surface area contributed by atoms with Crippen LogP contribution in [0.25, 0.3) is 0 Å². The molecule has 23 heavy (non-hydrogen) atoms. The van der Waals surface area contributed by atoms with Gasteiger partial charge >= 0.3 is 0 Å². The van der Waals surface area contributed by atoms with Crippen LogP contribution in [0, 0.1) is 0 Å². The van der Waals surface area contributed by atoms with Gasteiger partial charge in [-0.1, -0.05) is 34.1 Å². The highest BCUT2D eigenvalue weighted by Crippen LogP contribution is 2.38. The number of nitrogens with zero attached hydrogens (tertiary/aromatic N) is 1. The van der Waals surface area contributed by atoms with Crippen molar-refractivity contribution in [2.45, 2.75) is 0 Å². The maximum absolute atomic E-state index is 11.7. The monoisotopic (exact) mass is 504 g/mol. The van der Waals surface area contributed by atoms with Crippen LogP contribution in [0.15, 0.2) is 54.9 Å². The number of para-hydroxylation sites is 1. The predicted octanol–water partition coefficient (Wildman–Crippen LogP) is 4.21. The number of hydrogen-bond donors (Lipinski definition) is 2. The number of halogens is 3. The Labute approximate surface area is 158 Å². The molecule has 8 heteroatoms. The molecule has 120 valence electrons. The molecule has 0 unspecified atom stereocenters. The number of phenols is 1. The van der Waals surface area contributed by atoms with Gasteiger partial charge in [-0.05, 0) is 50.1 Å². The van der Waals surface area contributed by atoms with E-state index in [1.807, 2.05) is 18.2 Å². The number of amides is 1. The SMILES string of the molecule is O=C(COc1ccccc1)N/N=C/c1c(Br)cc(Br)c(O)c1Br. The van der Waals surface area contributed by atoms with Gasteiger partial charge in [-0.2, -0.15) is 5.10 Å². The lowest BCUT2D eigenvalue weighted by Gasteiger charge is -2.07. The Morgan fingerprint density at radius 3 is 2.61 bits per heavy atom. The lowest BCUT2D eigenvalue weighted by Crippen LogP contribution is -2.24. The normalized spacial score (nSPS) is 10.7. The third kappa shape index (κ3) is 5.05. The van der Waals surface area contributed by atoms with E-state index in [0.717, 1.165) is 0 Å². The highest BCUT2D eigenvalue weighted by molar-refractivity contribution is 9.11. The van der Waals surface area contributed by atoms with Crippen molar-refractivity contribution in [2.24, 2.45) is 5.10 Å². The molecule has 0 fully saturated rings. The Kier molecular flexibility index (Phi) is 6.61. The van der Waals surface area contributed by atoms with Crippen LogP contribution in [0.4, 0.5) is 0 Å². The summed E-state index contributed by atoms with van der Waals surface area (Å²) in [7, 11) is 0. The smallest absolute Gasteiger partial charge is 0.277 e. The van der Waals surface area contributed by atoms with E-state index in [-0.39, 0.29) is 12.4 Å². The molecule has 0 heterocycles. The van der Waals surface area contributed by atoms with E-state index in [4.69, 9.17) is 4.74 Å². The molecule has 1 amide bonds. The van der Waals surface area contributed by atoms with Crippen LogP contribution >= 0.6 is 47.8 Å². The van der Waals surface area contributed by atoms with Gasteiger partial charge in [0.05, 0.1) is 15.2 Å². The molecular formula is C15H11Br3N2O3. The Morgan fingerprint density at radius 2 is 1.91 bits per heavy atom. The number of benzene rings is 2. The standard InChI is InChI=1S/C15H11Br3N2O3/c16-11-6-12(17)15(22)14(18)10(11)7-19-20-13(21)8-23-9-4-2-1-3-5-9/h1-7,22H,8H2,(H,20,21)/b19-7+. The highest BCUT2D eigenvalue weighted by atomic mass is 79.9. The summed E-state index contributed by atoms with van der Waals surface area (Å²) >= 11 is 9.86. The van der Waals surface area contributed by atoms with Crippen LogP contribution in [-0.2, 0) is 4.79 Å². The Morgan fingerprint density at radius 1 is 1.22 bits per heavy atom. The van der Waals surface area contributed by atoms with Crippen LogP contribution in [0.3, 0.4) is 0 Å². The van der Waals surface area contributed by atoms with Crippen LogP contribution in [-0.4, -0.2) is 23.8 Å². The topological polar surface area (TPSA) is 70.9 Å². The second kappa shape index (κ2) is 8.47. The quantitative estimate of drug-likeness (QED) is 0.471. The lowest BCUT2D eigenvalue weighted by atomic mass is 10.2. The van der Waals surface area contributed by atoms with Crippen LogP contribution in [0.1, 0.15) is 5.56 Å². The van der Waals surface area contributed by atoms with E-state index in [1.165, 1.54) is 6.21 Å². The summed E-state index contributed by atoms with van der Waals surface area (Å²) in [5, 5.41) is 13.7. The third-order valence-corrected chi connectivity index (χ3v) is 4.74. The van der Waals surface area contributed by atoms with Crippen molar-refractivity contribution in [3.8, 4) is 11.5 Å². The fraction of sp³-hybridized carbons (Fsp3) is 0.0667. The van der Waals surface area contributed by atoms with Crippen molar-refractivity contribution in [1.29, 1.82) is 0 Å². The van der Waals surface area contributed by atoms with Gasteiger partial charge in [0.2, 0.25) is 0 Å². The maximum atomic E-state index is 11.7. The molecule has 5 nitrogen and oxygen atoms in total. The molecule has 0 aliphatic heterocycles. The summed E-state index contributed by atoms with van der Waals surface area (Å²) < 4.78 is 7.00. The molecule has 0 atom stereocenters. The van der Waals surface area contributed by atoms with Gasteiger partial charge in [0.15, 0.2) is 6.61 Å². The molecular weight excluding hydrogens is 496 g/mol. The van der Waals surface area contributed by atoms with E-state index in [9.17, 15) is 9.90 Å². The summed E-state index contributed by atoms with van der Waals surface area (Å²) in [6.45, 7) is -0.144. The van der Waals surface area contributed by atoms with E-state index in [1.54, 1.807) is 18.2 Å². The molecule has 2 rings (SSSR count). The lowest BCUT2D eigenvalue weighted by molar-refractivity contribution is -0.123. The highest BCUT2D eigenvalue weighted by Gasteiger charge is 2.12. The largest absolute Gasteiger partial charge is 0.506 e. The Balaban J connectivity index is 1.94. The molecule has 0 saturated heterocycles. The van der Waals surface area contributed by atoms with Crippen LogP contribution < -0.4 is 10.2 Å². The average molecular weight is 507 g/mol. The van der Waals surface area contributed by atoms with Gasteiger partial charge in [0, 0.05) is 10.0 Å². The Hall–Kier alpha value is -1.38. The zero-order valence-electron chi connectivity index (χ0n) is 11.6. The van der Waals surface area contributed by atoms with Crippen LogP contribution in [0.2, 0.25) is 0 Å². The summed E-state index contributed by atoms with van der Waals surface area (Å²) in [5.41, 5.74) is 2.95. The molecule has 0 saturated carbocycles. The minimum Gasteiger partial charge on any atom is -0.506 e. The number of hydrazone groups is 1. The first-order valence-electron chi connectivity index (χ1n) is 6.35. The number of aromatic hydroxyl groups is 1. The summed E-state index contributed by atoms with van der Waals surface area (Å²) in [5.74, 6) is 0.266. The minimum atomic E-state index is -0.390. The van der Waals surface area contributed by atoms with Crippen molar-refractivity contribution in [1.82, 2.24) is 5.43 Å². The molecule has 0 aliphatic carbocycles. The van der Waals surface area contributed by atoms with Crippen molar-refractivity contribution >= 4 is 59.9 Å². The second-order valence-corrected chi connectivity index (χ2v) is 6.81. The number of nitrogens with one attached hydrogen (secondary N) is 1. The van der Waals surface area contributed by atoms with Gasteiger partial charge in [-0.15, -0.1) is 0 Å². The Bertz CT molecular complexity index is 736. The molecule has 0 bridgehead atoms. The first kappa shape index (κ1) is 18.0. The molecule has 2 aromatic rings. The fourth-order valence-corrected chi connectivity index (χ4v) is 3.91. The number of hydrogen-bond acceptors (Lipinski definition) is 4. The predicted molar refractivity (Wildman–Crippen MR) is 98.9 cm³/mol. The number of ether oxygens (including phenoxy) is 1. The van der Waals surface area contributed by atoms with Gasteiger partial charge in [-0.3, -0.25) is 4.79 Å². The fourth-order valence-electron chi connectivity index (χ4n) is 1.58. The van der Waals surface area contributed by atoms with Crippen molar-refractivity contribution in [3.63, 3.8) is 0 Å². The van der Waals surface area contributed by atoms with Gasteiger partial charge in [0.1, 0.15) is 11.5 Å². The van der Waals surface area contributed by atoms with Crippen molar-refractivity contribution < 1.29 is 14.6 Å². The van der Waals surface area contributed by atoms with Gasteiger partial charge in [-0.25, -0.2) is 5.43 Å². The number of carbonyl (C=O) groups is 1. The average Bonchev–Trinajstić information content (AvgIpc) is 2.55. The zero-order valence-corrected chi connectivity index (χ0v) is 16.4. The van der Waals surface area contributed by atoms with E-state index >= 15 is 0 Å². The molecule has 0 spiro atoms. The molecule has 2 N–H and O–H groups in total. The second-order valence-electron chi connectivity index (χ2n) is 4.31. The molecule has 2 aromatic carbocycles. The number of carbonyl (C=O) groups excluding carboxylic acids is 1. The van der Waals surface area contributed by atoms with Gasteiger partial charge in [0.25, 0.3) is 5.91 Å². The minimum absolute atomic E-state index is 0.0494. The molecule has 0 aromatic heterocycles. The zero-order chi connectivity index (χ0) is 16.8. The first-order chi connectivity index (χ1) is 11.0. The number of rotatable bonds is 5. The van der Waals surface area contributed by atoms with E-state index in [0.29, 0.717) is 24.7 Å². The maximum Gasteiger partial charge on any atom is 0.277 e. The van der Waals surface area contributed by atoms with Crippen LogP contribution in [0.5, 0.6) is 11.5 Å². The van der Waals surface area contributed by atoms with Crippen molar-refractivity contribution in [3.05, 3.63) is 55.4 Å². The third-order valence-electron chi connectivity index (χ3n) is 2.68. The molecule has 0 aliphatic rings. The van der Waals surface area contributed by atoms with E-state index < -0.39 is 5.91 Å². The van der Waals surface area contributed by atoms with E-state index in [2.05, 4.69) is 58.3 Å². The van der Waals surface area contributed by atoms with Crippen molar-refractivity contribution in [2.75, 3.05) is 6.61 Å². The molecule has 0 radical (unpaired) electrons. The summed E-state index contributed by atoms with van der Waals surface area (Å²) in [6.07, 6.45) is 1.42. The number of phenolic OH excluding ortho intramolecular Hbond substituents is 1.